The third-order valence-corrected chi connectivity index (χ3v) is 6.40. The SMILES string of the molecule is CSC1CC2CCC(C1)N2C(=O)Cn1cnc2ccccc2c1=O. The Morgan fingerprint density at radius 2 is 1.96 bits per heavy atom. The number of hydrogen-bond acceptors (Lipinski definition) is 4. The minimum atomic E-state index is -0.139. The molecule has 2 unspecified atom stereocenters. The van der Waals surface area contributed by atoms with Crippen molar-refractivity contribution in [2.75, 3.05) is 6.26 Å². The van der Waals surface area contributed by atoms with Crippen LogP contribution < -0.4 is 5.56 Å². The molecule has 0 saturated carbocycles. The number of fused-ring (bicyclic) bond motifs is 3. The van der Waals surface area contributed by atoms with Crippen LogP contribution in [0.3, 0.4) is 0 Å². The standard InChI is InChI=1S/C18H21N3O2S/c1-24-14-8-12-6-7-13(9-14)21(12)17(22)10-20-11-19-16-5-3-2-4-15(16)18(20)23/h2-5,11-14H,6-10H2,1H3. The van der Waals surface area contributed by atoms with Gasteiger partial charge < -0.3 is 4.90 Å². The fourth-order valence-corrected chi connectivity index (χ4v) is 5.00. The minimum Gasteiger partial charge on any atom is -0.335 e. The number of benzene rings is 1. The van der Waals surface area contributed by atoms with Crippen molar-refractivity contribution in [3.05, 3.63) is 40.9 Å². The zero-order valence-corrected chi connectivity index (χ0v) is 14.5. The second kappa shape index (κ2) is 6.24. The molecule has 2 atom stereocenters. The van der Waals surface area contributed by atoms with Crippen LogP contribution in [0.2, 0.25) is 0 Å². The summed E-state index contributed by atoms with van der Waals surface area (Å²) in [6, 6.07) is 7.95. The Hall–Kier alpha value is -1.82. The molecule has 0 aliphatic carbocycles. The van der Waals surface area contributed by atoms with E-state index >= 15 is 0 Å². The third kappa shape index (κ3) is 2.62. The van der Waals surface area contributed by atoms with Crippen molar-refractivity contribution >= 4 is 28.6 Å². The molecule has 2 fully saturated rings. The molecule has 0 radical (unpaired) electrons. The van der Waals surface area contributed by atoms with E-state index in [2.05, 4.69) is 11.2 Å². The highest BCUT2D eigenvalue weighted by Crippen LogP contribution is 2.39. The topological polar surface area (TPSA) is 55.2 Å². The largest absolute Gasteiger partial charge is 0.335 e. The molecule has 4 rings (SSSR count). The molecule has 1 aromatic heterocycles. The van der Waals surface area contributed by atoms with Gasteiger partial charge in [-0.2, -0.15) is 11.8 Å². The van der Waals surface area contributed by atoms with Gasteiger partial charge >= 0.3 is 0 Å². The summed E-state index contributed by atoms with van der Waals surface area (Å²) in [4.78, 5) is 31.8. The van der Waals surface area contributed by atoms with Crippen LogP contribution in [0, 0.1) is 0 Å². The molecular formula is C18H21N3O2S. The van der Waals surface area contributed by atoms with Crippen LogP contribution in [0.15, 0.2) is 35.4 Å². The second-order valence-corrected chi connectivity index (χ2v) is 7.85. The van der Waals surface area contributed by atoms with Crippen molar-refractivity contribution in [1.29, 1.82) is 0 Å². The minimum absolute atomic E-state index is 0.0567. The summed E-state index contributed by atoms with van der Waals surface area (Å²) >= 11 is 1.91. The lowest BCUT2D eigenvalue weighted by Crippen LogP contribution is -2.49. The normalized spacial score (nSPS) is 26.0. The van der Waals surface area contributed by atoms with Gasteiger partial charge in [-0.25, -0.2) is 4.98 Å². The highest BCUT2D eigenvalue weighted by molar-refractivity contribution is 7.99. The maximum absolute atomic E-state index is 12.8. The van der Waals surface area contributed by atoms with Gasteiger partial charge in [0.05, 0.1) is 17.2 Å². The summed E-state index contributed by atoms with van der Waals surface area (Å²) in [6.07, 6.45) is 8.00. The van der Waals surface area contributed by atoms with Crippen LogP contribution in [-0.2, 0) is 11.3 Å². The Labute approximate surface area is 145 Å². The summed E-state index contributed by atoms with van der Waals surface area (Å²) in [7, 11) is 0. The average molecular weight is 343 g/mol. The fourth-order valence-electron chi connectivity index (χ4n) is 4.17. The molecule has 5 nitrogen and oxygen atoms in total. The van der Waals surface area contributed by atoms with Crippen LogP contribution in [0.5, 0.6) is 0 Å². The molecule has 2 aliphatic heterocycles. The summed E-state index contributed by atoms with van der Waals surface area (Å²) in [5, 5.41) is 1.23. The molecule has 6 heteroatoms. The van der Waals surface area contributed by atoms with Gasteiger partial charge in [0, 0.05) is 17.3 Å². The number of rotatable bonds is 3. The van der Waals surface area contributed by atoms with Crippen molar-refractivity contribution in [1.82, 2.24) is 14.5 Å². The first-order chi connectivity index (χ1) is 11.7. The lowest BCUT2D eigenvalue weighted by molar-refractivity contribution is -0.136. The average Bonchev–Trinajstić information content (AvgIpc) is 2.88. The number of para-hydroxylation sites is 1. The number of thioether (sulfide) groups is 1. The van der Waals surface area contributed by atoms with Crippen molar-refractivity contribution < 1.29 is 4.79 Å². The van der Waals surface area contributed by atoms with Crippen molar-refractivity contribution in [3.8, 4) is 0 Å². The monoisotopic (exact) mass is 343 g/mol. The fraction of sp³-hybridized carbons (Fsp3) is 0.500. The first-order valence-corrected chi connectivity index (χ1v) is 9.74. The molecule has 2 bridgehead atoms. The maximum atomic E-state index is 12.8. The lowest BCUT2D eigenvalue weighted by Gasteiger charge is -2.38. The molecule has 1 aromatic carbocycles. The number of amides is 1. The van der Waals surface area contributed by atoms with E-state index in [4.69, 9.17) is 0 Å². The van der Waals surface area contributed by atoms with Gasteiger partial charge in [0.2, 0.25) is 5.91 Å². The molecule has 0 spiro atoms. The van der Waals surface area contributed by atoms with E-state index in [0.717, 1.165) is 25.7 Å². The maximum Gasteiger partial charge on any atom is 0.261 e. The highest BCUT2D eigenvalue weighted by atomic mass is 32.2. The van der Waals surface area contributed by atoms with E-state index in [1.807, 2.05) is 34.9 Å². The number of piperidine rings is 1. The van der Waals surface area contributed by atoms with Crippen LogP contribution in [0.1, 0.15) is 25.7 Å². The van der Waals surface area contributed by atoms with Gasteiger partial charge in [0.25, 0.3) is 5.56 Å². The van der Waals surface area contributed by atoms with E-state index in [1.54, 1.807) is 6.07 Å². The molecule has 126 valence electrons. The Morgan fingerprint density at radius 1 is 1.25 bits per heavy atom. The number of aromatic nitrogens is 2. The van der Waals surface area contributed by atoms with E-state index in [9.17, 15) is 9.59 Å². The summed E-state index contributed by atoms with van der Waals surface area (Å²) < 4.78 is 1.45. The smallest absolute Gasteiger partial charge is 0.261 e. The number of carbonyl (C=O) groups excluding carboxylic acids is 1. The zero-order chi connectivity index (χ0) is 16.7. The summed E-state index contributed by atoms with van der Waals surface area (Å²) in [5.41, 5.74) is 0.535. The number of carbonyl (C=O) groups is 1. The summed E-state index contributed by atoms with van der Waals surface area (Å²) in [6.45, 7) is 0.0909. The Balaban J connectivity index is 1.57. The second-order valence-electron chi connectivity index (χ2n) is 6.71. The Morgan fingerprint density at radius 3 is 2.67 bits per heavy atom. The molecule has 2 aliphatic rings. The van der Waals surface area contributed by atoms with E-state index in [-0.39, 0.29) is 18.0 Å². The van der Waals surface area contributed by atoms with Crippen molar-refractivity contribution in [2.45, 2.75) is 49.6 Å². The summed E-state index contributed by atoms with van der Waals surface area (Å²) in [5.74, 6) is 0.0567. The Kier molecular flexibility index (Phi) is 4.08. The van der Waals surface area contributed by atoms with Gasteiger partial charge in [-0.1, -0.05) is 12.1 Å². The molecule has 0 N–H and O–H groups in total. The van der Waals surface area contributed by atoms with Gasteiger partial charge in [0.15, 0.2) is 0 Å². The van der Waals surface area contributed by atoms with E-state index in [0.29, 0.717) is 28.2 Å². The molecule has 3 heterocycles. The van der Waals surface area contributed by atoms with Crippen LogP contribution >= 0.6 is 11.8 Å². The number of hydrogen-bond donors (Lipinski definition) is 0. The highest BCUT2D eigenvalue weighted by Gasteiger charge is 2.42. The van der Waals surface area contributed by atoms with Gasteiger partial charge in [0.1, 0.15) is 6.54 Å². The Bertz CT molecular complexity index is 820. The predicted octanol–water partition coefficient (Wildman–Crippen LogP) is 2.28. The zero-order valence-electron chi connectivity index (χ0n) is 13.7. The van der Waals surface area contributed by atoms with Gasteiger partial charge in [-0.15, -0.1) is 0 Å². The van der Waals surface area contributed by atoms with E-state index in [1.165, 1.54) is 10.9 Å². The molecule has 2 aromatic rings. The molecule has 1 amide bonds. The van der Waals surface area contributed by atoms with Crippen LogP contribution in [0.4, 0.5) is 0 Å². The molecular weight excluding hydrogens is 322 g/mol. The van der Waals surface area contributed by atoms with Gasteiger partial charge in [-0.05, 0) is 44.1 Å². The number of nitrogens with zero attached hydrogens (tertiary/aromatic N) is 3. The van der Waals surface area contributed by atoms with Crippen molar-refractivity contribution in [2.24, 2.45) is 0 Å². The first kappa shape index (κ1) is 15.7. The van der Waals surface area contributed by atoms with Crippen LogP contribution in [0.25, 0.3) is 10.9 Å². The molecule has 2 saturated heterocycles. The molecule has 24 heavy (non-hydrogen) atoms. The van der Waals surface area contributed by atoms with Crippen LogP contribution in [-0.4, -0.2) is 43.9 Å². The van der Waals surface area contributed by atoms with E-state index < -0.39 is 0 Å². The third-order valence-electron chi connectivity index (χ3n) is 5.35. The first-order valence-electron chi connectivity index (χ1n) is 8.45. The quantitative estimate of drug-likeness (QED) is 0.858. The van der Waals surface area contributed by atoms with Crippen molar-refractivity contribution in [3.63, 3.8) is 0 Å². The predicted molar refractivity (Wildman–Crippen MR) is 96.2 cm³/mol. The lowest BCUT2D eigenvalue weighted by atomic mass is 10.0. The van der Waals surface area contributed by atoms with Gasteiger partial charge in [-0.3, -0.25) is 14.2 Å².